The zero-order valence-electron chi connectivity index (χ0n) is 9.91. The quantitative estimate of drug-likeness (QED) is 0.903. The third-order valence-electron chi connectivity index (χ3n) is 2.88. The molecule has 2 nitrogen and oxygen atoms in total. The highest BCUT2D eigenvalue weighted by Crippen LogP contribution is 2.35. The first kappa shape index (κ1) is 13.2. The van der Waals surface area contributed by atoms with E-state index in [1.165, 1.54) is 11.1 Å². The van der Waals surface area contributed by atoms with E-state index < -0.39 is 0 Å². The summed E-state index contributed by atoms with van der Waals surface area (Å²) in [6.07, 6.45) is 1.86. The first-order valence-electron chi connectivity index (χ1n) is 5.87. The maximum absolute atomic E-state index is 8.89. The van der Waals surface area contributed by atoms with Gasteiger partial charge in [0.1, 0.15) is 5.75 Å². The van der Waals surface area contributed by atoms with E-state index in [4.69, 9.17) is 9.84 Å². The topological polar surface area (TPSA) is 29.5 Å². The molecule has 0 radical (unpaired) electrons. The number of halogens is 1. The minimum atomic E-state index is 0.265. The lowest BCUT2D eigenvalue weighted by Gasteiger charge is -2.12. The monoisotopic (exact) mass is 316 g/mol. The van der Waals surface area contributed by atoms with E-state index in [0.29, 0.717) is 5.25 Å². The number of thioether (sulfide) groups is 1. The molecule has 0 bridgehead atoms. The van der Waals surface area contributed by atoms with Crippen LogP contribution in [0.1, 0.15) is 24.5 Å². The Balaban J connectivity index is 2.05. The highest BCUT2D eigenvalue weighted by molar-refractivity contribution is 9.10. The zero-order chi connectivity index (χ0) is 12.3. The maximum Gasteiger partial charge on any atom is 0.126 e. The standard InChI is InChI=1S/C13H17BrO2S/c1-9(2-4-15)17-8-11-7-12(14)6-10-3-5-16-13(10)11/h6-7,9,15H,2-5,8H2,1H3. The van der Waals surface area contributed by atoms with Gasteiger partial charge in [0.15, 0.2) is 0 Å². The van der Waals surface area contributed by atoms with Crippen molar-refractivity contribution in [2.24, 2.45) is 0 Å². The SMILES string of the molecule is CC(CCO)SCc1cc(Br)cc2c1OCC2. The molecule has 1 aromatic carbocycles. The third kappa shape index (κ3) is 3.39. The van der Waals surface area contributed by atoms with Crippen molar-refractivity contribution in [1.82, 2.24) is 0 Å². The van der Waals surface area contributed by atoms with Crippen LogP contribution >= 0.6 is 27.7 Å². The average Bonchev–Trinajstić information content (AvgIpc) is 2.74. The lowest BCUT2D eigenvalue weighted by Crippen LogP contribution is -2.00. The Morgan fingerprint density at radius 1 is 1.53 bits per heavy atom. The molecule has 1 atom stereocenters. The lowest BCUT2D eigenvalue weighted by molar-refractivity contribution is 0.289. The Kier molecular flexibility index (Phi) is 4.77. The smallest absolute Gasteiger partial charge is 0.126 e. The predicted molar refractivity (Wildman–Crippen MR) is 75.8 cm³/mol. The molecule has 4 heteroatoms. The molecule has 0 aliphatic carbocycles. The first-order valence-corrected chi connectivity index (χ1v) is 7.71. The van der Waals surface area contributed by atoms with Gasteiger partial charge < -0.3 is 9.84 Å². The number of hydrogen-bond donors (Lipinski definition) is 1. The van der Waals surface area contributed by atoms with Crippen LogP contribution in [-0.2, 0) is 12.2 Å². The van der Waals surface area contributed by atoms with Gasteiger partial charge in [0.05, 0.1) is 6.61 Å². The molecule has 1 aliphatic rings. The molecule has 94 valence electrons. The fourth-order valence-corrected chi connectivity index (χ4v) is 3.45. The molecule has 0 amide bonds. The van der Waals surface area contributed by atoms with Crippen LogP contribution in [0.15, 0.2) is 16.6 Å². The average molecular weight is 317 g/mol. The predicted octanol–water partition coefficient (Wildman–Crippen LogP) is 3.39. The summed E-state index contributed by atoms with van der Waals surface area (Å²) in [6.45, 7) is 3.22. The fraction of sp³-hybridized carbons (Fsp3) is 0.538. The molecule has 0 saturated carbocycles. The molecule has 2 rings (SSSR count). The molecule has 0 aromatic heterocycles. The molecule has 0 fully saturated rings. The second kappa shape index (κ2) is 6.12. The number of hydrogen-bond acceptors (Lipinski definition) is 3. The molecule has 1 aromatic rings. The summed E-state index contributed by atoms with van der Waals surface area (Å²) in [5.41, 5.74) is 2.58. The van der Waals surface area contributed by atoms with Crippen molar-refractivity contribution in [2.75, 3.05) is 13.2 Å². The molecule has 1 aliphatic heterocycles. The molecule has 0 spiro atoms. The van der Waals surface area contributed by atoms with Crippen molar-refractivity contribution < 1.29 is 9.84 Å². The van der Waals surface area contributed by atoms with Crippen LogP contribution in [0.4, 0.5) is 0 Å². The van der Waals surface area contributed by atoms with Crippen molar-refractivity contribution in [3.8, 4) is 5.75 Å². The third-order valence-corrected chi connectivity index (χ3v) is 4.62. The van der Waals surface area contributed by atoms with E-state index in [1.54, 1.807) is 0 Å². The Labute approximate surface area is 115 Å². The van der Waals surface area contributed by atoms with Gasteiger partial charge in [0.25, 0.3) is 0 Å². The normalized spacial score (nSPS) is 15.5. The van der Waals surface area contributed by atoms with Crippen LogP contribution in [0.2, 0.25) is 0 Å². The lowest BCUT2D eigenvalue weighted by atomic mass is 10.1. The van der Waals surface area contributed by atoms with Gasteiger partial charge in [0, 0.05) is 34.1 Å². The second-order valence-corrected chi connectivity index (χ2v) is 6.63. The van der Waals surface area contributed by atoms with Gasteiger partial charge in [0.2, 0.25) is 0 Å². The molecule has 1 unspecified atom stereocenters. The Morgan fingerprint density at radius 2 is 2.35 bits per heavy atom. The van der Waals surface area contributed by atoms with Gasteiger partial charge >= 0.3 is 0 Å². The van der Waals surface area contributed by atoms with Gasteiger partial charge in [-0.1, -0.05) is 22.9 Å². The van der Waals surface area contributed by atoms with Crippen molar-refractivity contribution in [1.29, 1.82) is 0 Å². The van der Waals surface area contributed by atoms with Crippen molar-refractivity contribution in [2.45, 2.75) is 30.8 Å². The van der Waals surface area contributed by atoms with E-state index >= 15 is 0 Å². The summed E-state index contributed by atoms with van der Waals surface area (Å²) < 4.78 is 6.82. The molecule has 17 heavy (non-hydrogen) atoms. The van der Waals surface area contributed by atoms with E-state index in [0.717, 1.165) is 35.4 Å². The number of ether oxygens (including phenoxy) is 1. The number of aliphatic hydroxyl groups excluding tert-OH is 1. The number of benzene rings is 1. The largest absolute Gasteiger partial charge is 0.493 e. The summed E-state index contributed by atoms with van der Waals surface area (Å²) >= 11 is 5.42. The summed E-state index contributed by atoms with van der Waals surface area (Å²) in [6, 6.07) is 4.29. The van der Waals surface area contributed by atoms with E-state index in [1.807, 2.05) is 11.8 Å². The minimum absolute atomic E-state index is 0.265. The van der Waals surface area contributed by atoms with E-state index in [2.05, 4.69) is 35.0 Å². The zero-order valence-corrected chi connectivity index (χ0v) is 12.3. The highest BCUT2D eigenvalue weighted by atomic mass is 79.9. The van der Waals surface area contributed by atoms with Gasteiger partial charge in [-0.15, -0.1) is 0 Å². The minimum Gasteiger partial charge on any atom is -0.493 e. The van der Waals surface area contributed by atoms with Gasteiger partial charge in [-0.2, -0.15) is 11.8 Å². The van der Waals surface area contributed by atoms with Crippen molar-refractivity contribution in [3.63, 3.8) is 0 Å². The Morgan fingerprint density at radius 3 is 3.12 bits per heavy atom. The van der Waals surface area contributed by atoms with Crippen LogP contribution in [0, 0.1) is 0 Å². The van der Waals surface area contributed by atoms with Crippen LogP contribution < -0.4 is 4.74 Å². The van der Waals surface area contributed by atoms with Crippen molar-refractivity contribution in [3.05, 3.63) is 27.7 Å². The van der Waals surface area contributed by atoms with Crippen LogP contribution in [0.25, 0.3) is 0 Å². The molecular weight excluding hydrogens is 300 g/mol. The first-order chi connectivity index (χ1) is 8.20. The number of aliphatic hydroxyl groups is 1. The van der Waals surface area contributed by atoms with E-state index in [-0.39, 0.29) is 6.61 Å². The summed E-state index contributed by atoms with van der Waals surface area (Å²) in [7, 11) is 0. The highest BCUT2D eigenvalue weighted by Gasteiger charge is 2.17. The Hall–Kier alpha value is -0.190. The molecule has 0 saturated heterocycles. The second-order valence-electron chi connectivity index (χ2n) is 4.29. The van der Waals surface area contributed by atoms with E-state index in [9.17, 15) is 0 Å². The van der Waals surface area contributed by atoms with Gasteiger partial charge in [-0.3, -0.25) is 0 Å². The summed E-state index contributed by atoms with van der Waals surface area (Å²) in [4.78, 5) is 0. The number of rotatable bonds is 5. The summed E-state index contributed by atoms with van der Waals surface area (Å²) in [5, 5.41) is 9.37. The van der Waals surface area contributed by atoms with Crippen LogP contribution in [-0.4, -0.2) is 23.6 Å². The Bertz CT molecular complexity index is 395. The van der Waals surface area contributed by atoms with Crippen LogP contribution in [0.5, 0.6) is 5.75 Å². The number of fused-ring (bicyclic) bond motifs is 1. The molecular formula is C13H17BrO2S. The molecule has 1 N–H and O–H groups in total. The van der Waals surface area contributed by atoms with Crippen LogP contribution in [0.3, 0.4) is 0 Å². The summed E-state index contributed by atoms with van der Waals surface area (Å²) in [5.74, 6) is 2.03. The van der Waals surface area contributed by atoms with Crippen molar-refractivity contribution >= 4 is 27.7 Å². The maximum atomic E-state index is 8.89. The van der Waals surface area contributed by atoms with Gasteiger partial charge in [-0.25, -0.2) is 0 Å². The van der Waals surface area contributed by atoms with Gasteiger partial charge in [-0.05, 0) is 24.1 Å². The fourth-order valence-electron chi connectivity index (χ4n) is 1.95. The molecule has 1 heterocycles.